The number of carbonyl (C=O) groups is 1. The molecular weight excluding hydrogens is 242 g/mol. The molecule has 0 saturated carbocycles. The Labute approximate surface area is 101 Å². The van der Waals surface area contributed by atoms with Gasteiger partial charge < -0.3 is 4.74 Å². The number of hydrogen-bond acceptors (Lipinski definition) is 4. The van der Waals surface area contributed by atoms with E-state index in [-0.39, 0.29) is 11.4 Å². The maximum Gasteiger partial charge on any atom is 0.362 e. The number of halogens is 2. The van der Waals surface area contributed by atoms with Gasteiger partial charge in [-0.1, -0.05) is 0 Å². The van der Waals surface area contributed by atoms with Gasteiger partial charge in [-0.15, -0.1) is 0 Å². The van der Waals surface area contributed by atoms with Gasteiger partial charge in [-0.2, -0.15) is 0 Å². The van der Waals surface area contributed by atoms with Crippen LogP contribution in [0.15, 0.2) is 30.5 Å². The van der Waals surface area contributed by atoms with E-state index >= 15 is 0 Å². The number of benzene rings is 1. The van der Waals surface area contributed by atoms with Gasteiger partial charge in [0.15, 0.2) is 17.3 Å². The van der Waals surface area contributed by atoms with Crippen LogP contribution in [0, 0.1) is 18.6 Å². The molecule has 2 rings (SSSR count). The van der Waals surface area contributed by atoms with Crippen molar-refractivity contribution in [2.24, 2.45) is 0 Å². The SMILES string of the molecule is Cc1nccc(C(=O)Oc2ccc(F)cc2F)n1. The van der Waals surface area contributed by atoms with Crippen molar-refractivity contribution in [1.29, 1.82) is 0 Å². The van der Waals surface area contributed by atoms with Crippen LogP contribution in [0.1, 0.15) is 16.3 Å². The molecule has 0 aliphatic heterocycles. The van der Waals surface area contributed by atoms with Gasteiger partial charge >= 0.3 is 5.97 Å². The quantitative estimate of drug-likeness (QED) is 0.606. The highest BCUT2D eigenvalue weighted by atomic mass is 19.1. The van der Waals surface area contributed by atoms with E-state index in [0.29, 0.717) is 11.9 Å². The predicted molar refractivity (Wildman–Crippen MR) is 58.1 cm³/mol. The third-order valence-electron chi connectivity index (χ3n) is 2.08. The second-order valence-corrected chi connectivity index (χ2v) is 3.45. The monoisotopic (exact) mass is 250 g/mol. The van der Waals surface area contributed by atoms with Gasteiger partial charge in [-0.25, -0.2) is 23.5 Å². The molecule has 0 amide bonds. The smallest absolute Gasteiger partial charge is 0.362 e. The minimum absolute atomic E-state index is 0.00576. The molecule has 6 heteroatoms. The number of nitrogens with zero attached hydrogens (tertiary/aromatic N) is 2. The number of esters is 1. The van der Waals surface area contributed by atoms with Gasteiger partial charge in [-0.05, 0) is 25.1 Å². The highest BCUT2D eigenvalue weighted by Crippen LogP contribution is 2.18. The van der Waals surface area contributed by atoms with Crippen LogP contribution in [0.4, 0.5) is 8.78 Å². The lowest BCUT2D eigenvalue weighted by molar-refractivity contribution is 0.0721. The van der Waals surface area contributed by atoms with Crippen LogP contribution in [-0.4, -0.2) is 15.9 Å². The Morgan fingerprint density at radius 2 is 2.06 bits per heavy atom. The first-order valence-corrected chi connectivity index (χ1v) is 5.03. The lowest BCUT2D eigenvalue weighted by atomic mass is 10.3. The molecule has 0 saturated heterocycles. The highest BCUT2D eigenvalue weighted by Gasteiger charge is 2.13. The largest absolute Gasteiger partial charge is 0.419 e. The van der Waals surface area contributed by atoms with Crippen molar-refractivity contribution in [2.45, 2.75) is 6.92 Å². The van der Waals surface area contributed by atoms with E-state index in [1.807, 2.05) is 0 Å². The molecule has 0 N–H and O–H groups in total. The number of aryl methyl sites for hydroxylation is 1. The van der Waals surface area contributed by atoms with Crippen molar-refractivity contribution in [1.82, 2.24) is 9.97 Å². The fourth-order valence-corrected chi connectivity index (χ4v) is 1.28. The zero-order valence-electron chi connectivity index (χ0n) is 9.35. The third kappa shape index (κ3) is 2.65. The van der Waals surface area contributed by atoms with Crippen molar-refractivity contribution in [3.63, 3.8) is 0 Å². The summed E-state index contributed by atoms with van der Waals surface area (Å²) in [5, 5.41) is 0. The number of rotatable bonds is 2. The molecule has 1 heterocycles. The Morgan fingerprint density at radius 1 is 1.28 bits per heavy atom. The van der Waals surface area contributed by atoms with Gasteiger partial charge in [0.2, 0.25) is 0 Å². The zero-order valence-corrected chi connectivity index (χ0v) is 9.35. The van der Waals surface area contributed by atoms with E-state index < -0.39 is 17.6 Å². The van der Waals surface area contributed by atoms with Crippen molar-refractivity contribution in [2.75, 3.05) is 0 Å². The average Bonchev–Trinajstić information content (AvgIpc) is 2.32. The van der Waals surface area contributed by atoms with Gasteiger partial charge in [0, 0.05) is 12.3 Å². The van der Waals surface area contributed by atoms with Gasteiger partial charge in [0.25, 0.3) is 0 Å². The summed E-state index contributed by atoms with van der Waals surface area (Å²) >= 11 is 0. The Bertz CT molecular complexity index is 602. The topological polar surface area (TPSA) is 52.1 Å². The van der Waals surface area contributed by atoms with Crippen LogP contribution in [0.5, 0.6) is 5.75 Å². The Kier molecular flexibility index (Phi) is 3.27. The Morgan fingerprint density at radius 3 is 2.72 bits per heavy atom. The molecule has 2 aromatic rings. The number of carbonyl (C=O) groups excluding carboxylic acids is 1. The number of aromatic nitrogens is 2. The molecule has 0 aliphatic rings. The minimum Gasteiger partial charge on any atom is -0.419 e. The maximum atomic E-state index is 13.3. The first-order valence-electron chi connectivity index (χ1n) is 5.03. The molecule has 0 radical (unpaired) electrons. The van der Waals surface area contributed by atoms with Crippen LogP contribution in [0.25, 0.3) is 0 Å². The number of ether oxygens (including phenoxy) is 1. The average molecular weight is 250 g/mol. The first kappa shape index (κ1) is 12.1. The Balaban J connectivity index is 2.21. The molecule has 0 fully saturated rings. The molecule has 0 spiro atoms. The van der Waals surface area contributed by atoms with Crippen LogP contribution in [-0.2, 0) is 0 Å². The standard InChI is InChI=1S/C12H8F2N2O2/c1-7-15-5-4-10(16-7)12(17)18-11-3-2-8(13)6-9(11)14/h2-6H,1H3. The van der Waals surface area contributed by atoms with Crippen molar-refractivity contribution in [3.8, 4) is 5.75 Å². The normalized spacial score (nSPS) is 10.2. The fraction of sp³-hybridized carbons (Fsp3) is 0.0833. The van der Waals surface area contributed by atoms with E-state index in [2.05, 4.69) is 9.97 Å². The minimum atomic E-state index is -0.950. The van der Waals surface area contributed by atoms with Crippen molar-refractivity contribution in [3.05, 3.63) is 53.6 Å². The first-order chi connectivity index (χ1) is 8.56. The van der Waals surface area contributed by atoms with E-state index in [9.17, 15) is 13.6 Å². The highest BCUT2D eigenvalue weighted by molar-refractivity contribution is 5.88. The summed E-state index contributed by atoms with van der Waals surface area (Å²) in [4.78, 5) is 19.3. The summed E-state index contributed by atoms with van der Waals surface area (Å²) in [6.07, 6.45) is 1.39. The fourth-order valence-electron chi connectivity index (χ4n) is 1.28. The van der Waals surface area contributed by atoms with Crippen LogP contribution >= 0.6 is 0 Å². The van der Waals surface area contributed by atoms with Gasteiger partial charge in [-0.3, -0.25) is 0 Å². The van der Waals surface area contributed by atoms with E-state index in [1.165, 1.54) is 12.3 Å². The maximum absolute atomic E-state index is 13.3. The molecule has 18 heavy (non-hydrogen) atoms. The van der Waals surface area contributed by atoms with Crippen LogP contribution in [0.3, 0.4) is 0 Å². The molecule has 0 atom stereocenters. The van der Waals surface area contributed by atoms with Crippen LogP contribution in [0.2, 0.25) is 0 Å². The summed E-state index contributed by atoms with van der Waals surface area (Å²) in [7, 11) is 0. The van der Waals surface area contributed by atoms with Gasteiger partial charge in [0.1, 0.15) is 11.6 Å². The predicted octanol–water partition coefficient (Wildman–Crippen LogP) is 2.28. The molecule has 1 aromatic carbocycles. The number of hydrogen-bond donors (Lipinski definition) is 0. The molecule has 4 nitrogen and oxygen atoms in total. The zero-order chi connectivity index (χ0) is 13.1. The van der Waals surface area contributed by atoms with Gasteiger partial charge in [0.05, 0.1) is 0 Å². The molecule has 92 valence electrons. The molecule has 0 bridgehead atoms. The third-order valence-corrected chi connectivity index (χ3v) is 2.08. The second-order valence-electron chi connectivity index (χ2n) is 3.45. The van der Waals surface area contributed by atoms with Crippen LogP contribution < -0.4 is 4.74 Å². The summed E-state index contributed by atoms with van der Waals surface area (Å²) in [6, 6.07) is 4.01. The summed E-state index contributed by atoms with van der Waals surface area (Å²) in [5.74, 6) is -2.48. The Hall–Kier alpha value is -2.37. The summed E-state index contributed by atoms with van der Waals surface area (Å²) in [5.41, 5.74) is 0.00576. The van der Waals surface area contributed by atoms with E-state index in [1.54, 1.807) is 6.92 Å². The van der Waals surface area contributed by atoms with Crippen molar-refractivity contribution >= 4 is 5.97 Å². The lowest BCUT2D eigenvalue weighted by Gasteiger charge is -2.04. The van der Waals surface area contributed by atoms with Crippen molar-refractivity contribution < 1.29 is 18.3 Å². The summed E-state index contributed by atoms with van der Waals surface area (Å²) < 4.78 is 30.7. The molecule has 0 unspecified atom stereocenters. The second kappa shape index (κ2) is 4.87. The molecular formula is C12H8F2N2O2. The van der Waals surface area contributed by atoms with E-state index in [0.717, 1.165) is 12.1 Å². The molecule has 0 aliphatic carbocycles. The summed E-state index contributed by atoms with van der Waals surface area (Å²) in [6.45, 7) is 1.61. The van der Waals surface area contributed by atoms with E-state index in [4.69, 9.17) is 4.74 Å². The molecule has 1 aromatic heterocycles. The lowest BCUT2D eigenvalue weighted by Crippen LogP contribution is -2.12.